The van der Waals surface area contributed by atoms with Crippen LogP contribution in [0.15, 0.2) is 6.07 Å². The lowest BCUT2D eigenvalue weighted by Crippen LogP contribution is -2.34. The number of aromatic nitrogens is 2. The average Bonchev–Trinajstić information content (AvgIpc) is 3.03. The van der Waals surface area contributed by atoms with Crippen LogP contribution >= 0.6 is 0 Å². The molecule has 1 N–H and O–H groups in total. The van der Waals surface area contributed by atoms with Crippen LogP contribution in [-0.4, -0.2) is 26.7 Å². The third-order valence-electron chi connectivity index (χ3n) is 3.00. The van der Waals surface area contributed by atoms with Gasteiger partial charge in [-0.15, -0.1) is 0 Å². The molecule has 7 heteroatoms. The molecule has 1 heterocycles. The van der Waals surface area contributed by atoms with Crippen LogP contribution in [0.2, 0.25) is 0 Å². The summed E-state index contributed by atoms with van der Waals surface area (Å²) < 4.78 is 1.44. The molecule has 1 unspecified atom stereocenters. The maximum Gasteiger partial charge on any atom is 0.390 e. The number of aryl methyl sites for hydroxylation is 1. The highest BCUT2D eigenvalue weighted by Crippen LogP contribution is 2.22. The van der Waals surface area contributed by atoms with Gasteiger partial charge in [0.15, 0.2) is 6.04 Å². The van der Waals surface area contributed by atoms with Crippen molar-refractivity contribution in [3.63, 3.8) is 0 Å². The average molecular weight is 252 g/mol. The van der Waals surface area contributed by atoms with Crippen LogP contribution < -0.4 is 5.32 Å². The van der Waals surface area contributed by atoms with Gasteiger partial charge in [-0.1, -0.05) is 6.92 Å². The SMILES string of the molecule is CCC(C(=O)NC1CC1)n1nc([N+](=O)[O-])cc1C. The number of carbonyl (C=O) groups is 1. The van der Waals surface area contributed by atoms with Gasteiger partial charge in [0.1, 0.15) is 0 Å². The second kappa shape index (κ2) is 4.75. The molecule has 1 aliphatic rings. The molecule has 1 atom stereocenters. The number of nitrogens with zero attached hydrogens (tertiary/aromatic N) is 3. The molecule has 0 saturated heterocycles. The number of carbonyl (C=O) groups excluding carboxylic acids is 1. The van der Waals surface area contributed by atoms with Gasteiger partial charge in [0.2, 0.25) is 5.91 Å². The van der Waals surface area contributed by atoms with E-state index in [0.717, 1.165) is 12.8 Å². The molecule has 98 valence electrons. The van der Waals surface area contributed by atoms with Crippen LogP contribution in [0.3, 0.4) is 0 Å². The molecule has 0 bridgehead atoms. The summed E-state index contributed by atoms with van der Waals surface area (Å²) in [6.07, 6.45) is 2.58. The standard InChI is InChI=1S/C11H16N4O3/c1-3-9(11(16)12-8-4-5-8)14-7(2)6-10(13-14)15(17)18/h6,8-9H,3-5H2,1-2H3,(H,12,16). The minimum atomic E-state index is -0.547. The quantitative estimate of drug-likeness (QED) is 0.632. The Morgan fingerprint density at radius 1 is 1.72 bits per heavy atom. The third kappa shape index (κ3) is 2.49. The Bertz CT molecular complexity index is 479. The topological polar surface area (TPSA) is 90.1 Å². The van der Waals surface area contributed by atoms with Crippen molar-refractivity contribution in [3.05, 3.63) is 21.9 Å². The van der Waals surface area contributed by atoms with Gasteiger partial charge in [-0.05, 0) is 31.1 Å². The first-order valence-corrected chi connectivity index (χ1v) is 6.03. The summed E-state index contributed by atoms with van der Waals surface area (Å²) in [7, 11) is 0. The van der Waals surface area contributed by atoms with Crippen LogP contribution in [0, 0.1) is 17.0 Å². The molecule has 1 aliphatic carbocycles. The molecule has 0 radical (unpaired) electrons. The predicted octanol–water partition coefficient (Wildman–Crippen LogP) is 1.33. The van der Waals surface area contributed by atoms with Crippen molar-refractivity contribution >= 4 is 11.7 Å². The van der Waals surface area contributed by atoms with E-state index in [9.17, 15) is 14.9 Å². The van der Waals surface area contributed by atoms with Crippen molar-refractivity contribution in [1.29, 1.82) is 0 Å². The lowest BCUT2D eigenvalue weighted by Gasteiger charge is -2.13. The molecule has 0 aliphatic heterocycles. The second-order valence-electron chi connectivity index (χ2n) is 4.55. The summed E-state index contributed by atoms with van der Waals surface area (Å²) in [5.41, 5.74) is 0.625. The summed E-state index contributed by atoms with van der Waals surface area (Å²) >= 11 is 0. The van der Waals surface area contributed by atoms with E-state index in [1.807, 2.05) is 6.92 Å². The zero-order valence-electron chi connectivity index (χ0n) is 10.4. The van der Waals surface area contributed by atoms with E-state index in [4.69, 9.17) is 0 Å². The summed E-state index contributed by atoms with van der Waals surface area (Å²) in [5.74, 6) is -0.328. The zero-order valence-corrected chi connectivity index (χ0v) is 10.4. The Morgan fingerprint density at radius 3 is 2.83 bits per heavy atom. The Morgan fingerprint density at radius 2 is 2.39 bits per heavy atom. The lowest BCUT2D eigenvalue weighted by atomic mass is 10.2. The largest absolute Gasteiger partial charge is 0.390 e. The molecule has 1 amide bonds. The first-order chi connectivity index (χ1) is 8.52. The third-order valence-corrected chi connectivity index (χ3v) is 3.00. The van der Waals surface area contributed by atoms with Crippen LogP contribution in [0.5, 0.6) is 0 Å². The molecule has 1 fully saturated rings. The van der Waals surface area contributed by atoms with Crippen molar-refractivity contribution in [2.75, 3.05) is 0 Å². The highest BCUT2D eigenvalue weighted by Gasteiger charge is 2.31. The number of amides is 1. The number of nitrogens with one attached hydrogen (secondary N) is 1. The van der Waals surface area contributed by atoms with Crippen LogP contribution in [0.25, 0.3) is 0 Å². The van der Waals surface area contributed by atoms with E-state index in [0.29, 0.717) is 12.1 Å². The summed E-state index contributed by atoms with van der Waals surface area (Å²) in [4.78, 5) is 22.1. The van der Waals surface area contributed by atoms with Gasteiger partial charge in [-0.25, -0.2) is 0 Å². The number of rotatable bonds is 5. The summed E-state index contributed by atoms with van der Waals surface area (Å²) in [6.45, 7) is 3.58. The second-order valence-corrected chi connectivity index (χ2v) is 4.55. The van der Waals surface area contributed by atoms with Gasteiger partial charge in [-0.2, -0.15) is 4.68 Å². The molecule has 0 aromatic carbocycles. The number of nitro groups is 1. The molecular formula is C11H16N4O3. The van der Waals surface area contributed by atoms with Crippen molar-refractivity contribution in [2.24, 2.45) is 0 Å². The van der Waals surface area contributed by atoms with Gasteiger partial charge in [0, 0.05) is 6.04 Å². The van der Waals surface area contributed by atoms with E-state index >= 15 is 0 Å². The maximum atomic E-state index is 12.0. The van der Waals surface area contributed by atoms with Gasteiger partial charge in [-0.3, -0.25) is 4.79 Å². The van der Waals surface area contributed by atoms with E-state index in [-0.39, 0.29) is 17.8 Å². The van der Waals surface area contributed by atoms with Crippen LogP contribution in [0.1, 0.15) is 37.9 Å². The smallest absolute Gasteiger partial charge is 0.358 e. The Labute approximate surface area is 104 Å². The lowest BCUT2D eigenvalue weighted by molar-refractivity contribution is -0.389. The van der Waals surface area contributed by atoms with Gasteiger partial charge in [0.25, 0.3) is 0 Å². The summed E-state index contributed by atoms with van der Waals surface area (Å²) in [6, 6.07) is 1.18. The van der Waals surface area contributed by atoms with Crippen molar-refractivity contribution < 1.29 is 9.72 Å². The normalized spacial score (nSPS) is 16.3. The molecular weight excluding hydrogens is 236 g/mol. The fourth-order valence-corrected chi connectivity index (χ4v) is 1.87. The first kappa shape index (κ1) is 12.5. The Balaban J connectivity index is 2.20. The van der Waals surface area contributed by atoms with Gasteiger partial charge in [0.05, 0.1) is 16.9 Å². The van der Waals surface area contributed by atoms with Crippen molar-refractivity contribution in [2.45, 2.75) is 45.2 Å². The molecule has 1 saturated carbocycles. The molecule has 2 rings (SSSR count). The molecule has 1 aromatic heterocycles. The van der Waals surface area contributed by atoms with E-state index in [1.54, 1.807) is 6.92 Å². The fraction of sp³-hybridized carbons (Fsp3) is 0.636. The Kier molecular flexibility index (Phi) is 3.31. The first-order valence-electron chi connectivity index (χ1n) is 6.03. The van der Waals surface area contributed by atoms with E-state index in [2.05, 4.69) is 10.4 Å². The van der Waals surface area contributed by atoms with Gasteiger partial charge < -0.3 is 15.4 Å². The van der Waals surface area contributed by atoms with Crippen LogP contribution in [-0.2, 0) is 4.79 Å². The monoisotopic (exact) mass is 252 g/mol. The molecule has 1 aromatic rings. The zero-order chi connectivity index (χ0) is 13.3. The highest BCUT2D eigenvalue weighted by atomic mass is 16.6. The predicted molar refractivity (Wildman–Crippen MR) is 64.1 cm³/mol. The highest BCUT2D eigenvalue weighted by molar-refractivity contribution is 5.80. The van der Waals surface area contributed by atoms with Crippen molar-refractivity contribution in [1.82, 2.24) is 15.1 Å². The minimum Gasteiger partial charge on any atom is -0.358 e. The number of hydrogen-bond acceptors (Lipinski definition) is 4. The molecule has 7 nitrogen and oxygen atoms in total. The van der Waals surface area contributed by atoms with E-state index < -0.39 is 11.0 Å². The van der Waals surface area contributed by atoms with E-state index in [1.165, 1.54) is 10.7 Å². The Hall–Kier alpha value is -1.92. The molecule has 18 heavy (non-hydrogen) atoms. The maximum absolute atomic E-state index is 12.0. The van der Waals surface area contributed by atoms with Gasteiger partial charge >= 0.3 is 5.82 Å². The fourth-order valence-electron chi connectivity index (χ4n) is 1.87. The minimum absolute atomic E-state index is 0.110. The summed E-state index contributed by atoms with van der Waals surface area (Å²) in [5, 5.41) is 17.4. The van der Waals surface area contributed by atoms with Crippen LogP contribution in [0.4, 0.5) is 5.82 Å². The number of hydrogen-bond donors (Lipinski definition) is 1. The molecule has 0 spiro atoms. The van der Waals surface area contributed by atoms with Crippen molar-refractivity contribution in [3.8, 4) is 0 Å².